The maximum atomic E-state index is 12.2. The molecule has 0 aliphatic rings. The molecule has 0 bridgehead atoms. The Balaban J connectivity index is 2.06. The molecule has 1 aromatic carbocycles. The molecule has 4 heteroatoms. The highest BCUT2D eigenvalue weighted by Gasteiger charge is 2.21. The Labute approximate surface area is 112 Å². The lowest BCUT2D eigenvalue weighted by molar-refractivity contribution is -0.123. The second-order valence-electron chi connectivity index (χ2n) is 4.44. The van der Waals surface area contributed by atoms with E-state index in [0.29, 0.717) is 0 Å². The SMILES string of the molecule is C[C@H](NC(=O)C(CN)c1ccccc1)c1ccco1. The maximum Gasteiger partial charge on any atom is 0.229 e. The Morgan fingerprint density at radius 1 is 1.26 bits per heavy atom. The first-order valence-electron chi connectivity index (χ1n) is 6.31. The molecule has 3 N–H and O–H groups in total. The first kappa shape index (κ1) is 13.4. The molecular weight excluding hydrogens is 240 g/mol. The molecule has 2 rings (SSSR count). The van der Waals surface area contributed by atoms with E-state index in [9.17, 15) is 4.79 Å². The van der Waals surface area contributed by atoms with E-state index in [1.54, 1.807) is 12.3 Å². The number of benzene rings is 1. The van der Waals surface area contributed by atoms with Crippen LogP contribution in [-0.4, -0.2) is 12.5 Å². The summed E-state index contributed by atoms with van der Waals surface area (Å²) in [6.07, 6.45) is 1.59. The Kier molecular flexibility index (Phi) is 4.36. The minimum absolute atomic E-state index is 0.0856. The van der Waals surface area contributed by atoms with Gasteiger partial charge in [-0.1, -0.05) is 30.3 Å². The molecule has 0 spiro atoms. The molecule has 2 aromatic rings. The van der Waals surface area contributed by atoms with E-state index >= 15 is 0 Å². The number of nitrogens with one attached hydrogen (secondary N) is 1. The van der Waals surface area contributed by atoms with Crippen molar-refractivity contribution >= 4 is 5.91 Å². The van der Waals surface area contributed by atoms with Gasteiger partial charge in [0.2, 0.25) is 5.91 Å². The molecular formula is C15H18N2O2. The summed E-state index contributed by atoms with van der Waals surface area (Å²) in [5.74, 6) is 0.313. The molecule has 19 heavy (non-hydrogen) atoms. The molecule has 1 amide bonds. The highest BCUT2D eigenvalue weighted by molar-refractivity contribution is 5.84. The third-order valence-corrected chi connectivity index (χ3v) is 3.08. The standard InChI is InChI=1S/C15H18N2O2/c1-11(14-8-5-9-19-14)17-15(18)13(10-16)12-6-3-2-4-7-12/h2-9,11,13H,10,16H2,1H3,(H,17,18)/t11-,13?/m0/s1. The zero-order valence-corrected chi connectivity index (χ0v) is 10.9. The predicted molar refractivity (Wildman–Crippen MR) is 73.5 cm³/mol. The number of nitrogens with two attached hydrogens (primary N) is 1. The lowest BCUT2D eigenvalue weighted by atomic mass is 9.98. The quantitative estimate of drug-likeness (QED) is 0.863. The summed E-state index contributed by atoms with van der Waals surface area (Å²) in [5, 5.41) is 2.92. The molecule has 0 aliphatic carbocycles. The highest BCUT2D eigenvalue weighted by atomic mass is 16.3. The normalized spacial score (nSPS) is 13.8. The van der Waals surface area contributed by atoms with Gasteiger partial charge in [0.05, 0.1) is 18.2 Å². The second kappa shape index (κ2) is 6.20. The fourth-order valence-electron chi connectivity index (χ4n) is 2.00. The van der Waals surface area contributed by atoms with Gasteiger partial charge in [0, 0.05) is 6.54 Å². The van der Waals surface area contributed by atoms with Crippen molar-refractivity contribution in [2.75, 3.05) is 6.54 Å². The molecule has 0 saturated carbocycles. The summed E-state index contributed by atoms with van der Waals surface area (Å²) in [4.78, 5) is 12.2. The number of furan rings is 1. The number of amides is 1. The molecule has 0 fully saturated rings. The van der Waals surface area contributed by atoms with E-state index in [1.807, 2.05) is 43.3 Å². The number of carbonyl (C=O) groups is 1. The second-order valence-corrected chi connectivity index (χ2v) is 4.44. The van der Waals surface area contributed by atoms with Crippen LogP contribution in [0.1, 0.15) is 30.2 Å². The molecule has 4 nitrogen and oxygen atoms in total. The van der Waals surface area contributed by atoms with Crippen molar-refractivity contribution in [1.82, 2.24) is 5.32 Å². The number of hydrogen-bond donors (Lipinski definition) is 2. The molecule has 2 atom stereocenters. The molecule has 1 heterocycles. The number of hydrogen-bond acceptors (Lipinski definition) is 3. The van der Waals surface area contributed by atoms with Crippen LogP contribution < -0.4 is 11.1 Å². The summed E-state index contributed by atoms with van der Waals surface area (Å²) in [7, 11) is 0. The van der Waals surface area contributed by atoms with Gasteiger partial charge in [-0.25, -0.2) is 0 Å². The first-order valence-corrected chi connectivity index (χ1v) is 6.31. The third-order valence-electron chi connectivity index (χ3n) is 3.08. The van der Waals surface area contributed by atoms with Crippen molar-refractivity contribution in [3.05, 3.63) is 60.1 Å². The highest BCUT2D eigenvalue weighted by Crippen LogP contribution is 2.18. The smallest absolute Gasteiger partial charge is 0.229 e. The van der Waals surface area contributed by atoms with Crippen molar-refractivity contribution in [3.63, 3.8) is 0 Å². The Hall–Kier alpha value is -2.07. The minimum Gasteiger partial charge on any atom is -0.467 e. The van der Waals surface area contributed by atoms with Gasteiger partial charge in [-0.15, -0.1) is 0 Å². The van der Waals surface area contributed by atoms with E-state index in [1.165, 1.54) is 0 Å². The average molecular weight is 258 g/mol. The summed E-state index contributed by atoms with van der Waals surface area (Å²) in [6.45, 7) is 2.16. The zero-order chi connectivity index (χ0) is 13.7. The molecule has 100 valence electrons. The van der Waals surface area contributed by atoms with Gasteiger partial charge in [-0.05, 0) is 24.6 Å². The van der Waals surface area contributed by atoms with Crippen LogP contribution in [0.3, 0.4) is 0 Å². The monoisotopic (exact) mass is 258 g/mol. The fourth-order valence-corrected chi connectivity index (χ4v) is 2.00. The van der Waals surface area contributed by atoms with E-state index in [0.717, 1.165) is 11.3 Å². The van der Waals surface area contributed by atoms with Crippen LogP contribution in [0.5, 0.6) is 0 Å². The van der Waals surface area contributed by atoms with Gasteiger partial charge in [-0.3, -0.25) is 4.79 Å². The van der Waals surface area contributed by atoms with E-state index in [2.05, 4.69) is 5.32 Å². The summed E-state index contributed by atoms with van der Waals surface area (Å²) >= 11 is 0. The lowest BCUT2D eigenvalue weighted by Gasteiger charge is -2.18. The van der Waals surface area contributed by atoms with Gasteiger partial charge in [-0.2, -0.15) is 0 Å². The van der Waals surface area contributed by atoms with E-state index in [4.69, 9.17) is 10.2 Å². The van der Waals surface area contributed by atoms with Crippen molar-refractivity contribution in [3.8, 4) is 0 Å². The molecule has 0 saturated heterocycles. The zero-order valence-electron chi connectivity index (χ0n) is 10.9. The van der Waals surface area contributed by atoms with Crippen molar-refractivity contribution < 1.29 is 9.21 Å². The minimum atomic E-state index is -0.335. The van der Waals surface area contributed by atoms with E-state index in [-0.39, 0.29) is 24.4 Å². The lowest BCUT2D eigenvalue weighted by Crippen LogP contribution is -2.34. The maximum absolute atomic E-state index is 12.2. The summed E-state index contributed by atoms with van der Waals surface area (Å²) in [5.41, 5.74) is 6.64. The topological polar surface area (TPSA) is 68.3 Å². The van der Waals surface area contributed by atoms with Crippen LogP contribution in [0.25, 0.3) is 0 Å². The van der Waals surface area contributed by atoms with Gasteiger partial charge >= 0.3 is 0 Å². The van der Waals surface area contributed by atoms with Crippen molar-refractivity contribution in [2.45, 2.75) is 18.9 Å². The Morgan fingerprint density at radius 3 is 2.58 bits per heavy atom. The van der Waals surface area contributed by atoms with Crippen LogP contribution in [0.2, 0.25) is 0 Å². The van der Waals surface area contributed by atoms with Crippen LogP contribution >= 0.6 is 0 Å². The Bertz CT molecular complexity index is 508. The summed E-state index contributed by atoms with van der Waals surface area (Å²) in [6, 6.07) is 13.0. The van der Waals surface area contributed by atoms with Crippen molar-refractivity contribution in [1.29, 1.82) is 0 Å². The van der Waals surface area contributed by atoms with E-state index < -0.39 is 0 Å². The van der Waals surface area contributed by atoms with Crippen molar-refractivity contribution in [2.24, 2.45) is 5.73 Å². The van der Waals surface area contributed by atoms with Gasteiger partial charge in [0.25, 0.3) is 0 Å². The van der Waals surface area contributed by atoms with Gasteiger partial charge in [0.15, 0.2) is 0 Å². The van der Waals surface area contributed by atoms with Crippen LogP contribution in [-0.2, 0) is 4.79 Å². The average Bonchev–Trinajstić information content (AvgIpc) is 2.94. The molecule has 0 radical (unpaired) electrons. The first-order chi connectivity index (χ1) is 9.22. The van der Waals surface area contributed by atoms with Crippen LogP contribution in [0.4, 0.5) is 0 Å². The number of carbonyl (C=O) groups excluding carboxylic acids is 1. The van der Waals surface area contributed by atoms with Crippen LogP contribution in [0, 0.1) is 0 Å². The van der Waals surface area contributed by atoms with Crippen LogP contribution in [0.15, 0.2) is 53.1 Å². The summed E-state index contributed by atoms with van der Waals surface area (Å²) < 4.78 is 5.27. The number of rotatable bonds is 5. The van der Waals surface area contributed by atoms with Gasteiger partial charge in [0.1, 0.15) is 5.76 Å². The molecule has 1 aromatic heterocycles. The third kappa shape index (κ3) is 3.23. The fraction of sp³-hybridized carbons (Fsp3) is 0.267. The molecule has 0 aliphatic heterocycles. The molecule has 1 unspecified atom stereocenters. The largest absolute Gasteiger partial charge is 0.467 e. The Morgan fingerprint density at radius 2 is 2.00 bits per heavy atom. The predicted octanol–water partition coefficient (Wildman–Crippen LogP) is 2.20. The van der Waals surface area contributed by atoms with Gasteiger partial charge < -0.3 is 15.5 Å².